The number of benzene rings is 1. The molecule has 1 saturated carbocycles. The topological polar surface area (TPSA) is 41.6 Å². The Morgan fingerprint density at radius 3 is 2.50 bits per heavy atom. The number of halogens is 3. The number of nitrogens with zero attached hydrogens (tertiary/aromatic N) is 1. The maximum atomic E-state index is 13.0. The van der Waals surface area contributed by atoms with Gasteiger partial charge in [-0.15, -0.1) is 0 Å². The lowest BCUT2D eigenvalue weighted by Gasteiger charge is -2.34. The summed E-state index contributed by atoms with van der Waals surface area (Å²) in [5.41, 5.74) is -0.859. The highest BCUT2D eigenvalue weighted by Gasteiger charge is 2.35. The van der Waals surface area contributed by atoms with Crippen molar-refractivity contribution in [3.63, 3.8) is 0 Å². The molecule has 7 heteroatoms. The summed E-state index contributed by atoms with van der Waals surface area (Å²) in [7, 11) is 0. The lowest BCUT2D eigenvalue weighted by molar-refractivity contribution is -0.144. The largest absolute Gasteiger partial charge is 0.480 e. The van der Waals surface area contributed by atoms with Crippen molar-refractivity contribution in [3.05, 3.63) is 29.8 Å². The Kier molecular flexibility index (Phi) is 5.75. The molecule has 26 heavy (non-hydrogen) atoms. The molecule has 2 aliphatic rings. The predicted octanol–water partition coefficient (Wildman–Crippen LogP) is 3.46. The maximum Gasteiger partial charge on any atom is 0.419 e. The van der Waals surface area contributed by atoms with Crippen LogP contribution in [0.3, 0.4) is 0 Å². The Morgan fingerprint density at radius 2 is 1.88 bits per heavy atom. The third kappa shape index (κ3) is 4.90. The van der Waals surface area contributed by atoms with Gasteiger partial charge in [0.1, 0.15) is 5.75 Å². The highest BCUT2D eigenvalue weighted by molar-refractivity contribution is 5.81. The molecule has 0 radical (unpaired) electrons. The third-order valence-electron chi connectivity index (χ3n) is 5.04. The minimum Gasteiger partial charge on any atom is -0.480 e. The number of hydrogen-bond donors (Lipinski definition) is 1. The van der Waals surface area contributed by atoms with E-state index in [2.05, 4.69) is 5.32 Å². The van der Waals surface area contributed by atoms with E-state index in [-0.39, 0.29) is 11.7 Å². The van der Waals surface area contributed by atoms with E-state index in [4.69, 9.17) is 4.74 Å². The van der Waals surface area contributed by atoms with Gasteiger partial charge in [0.25, 0.3) is 5.91 Å². The molecule has 144 valence electrons. The first-order chi connectivity index (χ1) is 12.3. The van der Waals surface area contributed by atoms with E-state index in [0.717, 1.165) is 31.4 Å². The highest BCUT2D eigenvalue weighted by atomic mass is 19.4. The number of nitrogens with one attached hydrogen (secondary N) is 1. The number of carbonyl (C=O) groups excluding carboxylic acids is 1. The van der Waals surface area contributed by atoms with Gasteiger partial charge in [0.15, 0.2) is 6.10 Å². The minimum absolute atomic E-state index is 0.261. The molecule has 1 aromatic carbocycles. The lowest BCUT2D eigenvalue weighted by Crippen LogP contribution is -2.48. The maximum absolute atomic E-state index is 13.0. The highest BCUT2D eigenvalue weighted by Crippen LogP contribution is 2.36. The van der Waals surface area contributed by atoms with Crippen LogP contribution in [0.2, 0.25) is 0 Å². The fourth-order valence-electron chi connectivity index (χ4n) is 3.26. The fourth-order valence-corrected chi connectivity index (χ4v) is 3.26. The normalized spacial score (nSPS) is 20.1. The van der Waals surface area contributed by atoms with Gasteiger partial charge in [-0.1, -0.05) is 12.1 Å². The number of alkyl halides is 3. The van der Waals surface area contributed by atoms with Crippen LogP contribution in [0.5, 0.6) is 5.75 Å². The van der Waals surface area contributed by atoms with Crippen molar-refractivity contribution in [2.24, 2.45) is 5.92 Å². The number of rotatable bonds is 6. The fraction of sp³-hybridized carbons (Fsp3) is 0.632. The Balaban J connectivity index is 1.52. The second-order valence-corrected chi connectivity index (χ2v) is 7.21. The summed E-state index contributed by atoms with van der Waals surface area (Å²) >= 11 is 0. The van der Waals surface area contributed by atoms with Crippen molar-refractivity contribution < 1.29 is 22.7 Å². The number of para-hydroxylation sites is 1. The van der Waals surface area contributed by atoms with Crippen molar-refractivity contribution in [1.29, 1.82) is 0 Å². The number of carbonyl (C=O) groups is 1. The van der Waals surface area contributed by atoms with Crippen LogP contribution in [-0.2, 0) is 11.0 Å². The molecule has 0 spiro atoms. The molecule has 0 bridgehead atoms. The monoisotopic (exact) mass is 370 g/mol. The zero-order valence-corrected chi connectivity index (χ0v) is 14.9. The van der Waals surface area contributed by atoms with E-state index < -0.39 is 17.8 Å². The molecular formula is C19H25F3N2O2. The average molecular weight is 370 g/mol. The molecule has 1 N–H and O–H groups in total. The minimum atomic E-state index is -4.51. The molecule has 3 rings (SSSR count). The predicted molar refractivity (Wildman–Crippen MR) is 91.9 cm³/mol. The SMILES string of the molecule is CC(Oc1ccccc1C(F)(F)F)C(=O)N1CCC(NCC2CC2)CC1. The first-order valence-corrected chi connectivity index (χ1v) is 9.19. The number of piperidine rings is 1. The third-order valence-corrected chi connectivity index (χ3v) is 5.04. The molecule has 1 aliphatic carbocycles. The van der Waals surface area contributed by atoms with E-state index in [1.807, 2.05) is 0 Å². The summed E-state index contributed by atoms with van der Waals surface area (Å²) in [6, 6.07) is 5.41. The van der Waals surface area contributed by atoms with Crippen LogP contribution in [-0.4, -0.2) is 42.6 Å². The van der Waals surface area contributed by atoms with E-state index in [0.29, 0.717) is 19.1 Å². The van der Waals surface area contributed by atoms with Gasteiger partial charge >= 0.3 is 6.18 Å². The van der Waals surface area contributed by atoms with Gasteiger partial charge in [0.2, 0.25) is 0 Å². The summed E-state index contributed by atoms with van der Waals surface area (Å²) in [6.07, 6.45) is -1.12. The van der Waals surface area contributed by atoms with E-state index in [9.17, 15) is 18.0 Å². The van der Waals surface area contributed by atoms with E-state index in [1.54, 1.807) is 4.90 Å². The Labute approximate surface area is 151 Å². The molecular weight excluding hydrogens is 345 g/mol. The Bertz CT molecular complexity index is 623. The van der Waals surface area contributed by atoms with Crippen LogP contribution in [0.1, 0.15) is 38.2 Å². The first kappa shape index (κ1) is 19.0. The molecule has 1 heterocycles. The Morgan fingerprint density at radius 1 is 1.23 bits per heavy atom. The van der Waals surface area contributed by atoms with Crippen molar-refractivity contribution in [1.82, 2.24) is 10.2 Å². The van der Waals surface area contributed by atoms with Gasteiger partial charge in [-0.2, -0.15) is 13.2 Å². The molecule has 1 atom stereocenters. The molecule has 0 aromatic heterocycles. The first-order valence-electron chi connectivity index (χ1n) is 9.19. The zero-order chi connectivity index (χ0) is 18.7. The number of likely N-dealkylation sites (tertiary alicyclic amines) is 1. The van der Waals surface area contributed by atoms with Gasteiger partial charge in [-0.3, -0.25) is 4.79 Å². The van der Waals surface area contributed by atoms with E-state index >= 15 is 0 Å². The molecule has 1 saturated heterocycles. The number of amides is 1. The van der Waals surface area contributed by atoms with Crippen molar-refractivity contribution in [3.8, 4) is 5.75 Å². The van der Waals surface area contributed by atoms with Gasteiger partial charge < -0.3 is 15.0 Å². The lowest BCUT2D eigenvalue weighted by atomic mass is 10.0. The van der Waals surface area contributed by atoms with Crippen LogP contribution >= 0.6 is 0 Å². The van der Waals surface area contributed by atoms with Crippen LogP contribution in [0.4, 0.5) is 13.2 Å². The smallest absolute Gasteiger partial charge is 0.419 e. The summed E-state index contributed by atoms with van der Waals surface area (Å²) < 4.78 is 44.5. The van der Waals surface area contributed by atoms with E-state index in [1.165, 1.54) is 38.0 Å². The summed E-state index contributed by atoms with van der Waals surface area (Å²) in [5, 5.41) is 3.54. The zero-order valence-electron chi connectivity index (χ0n) is 14.9. The average Bonchev–Trinajstić information content (AvgIpc) is 3.44. The van der Waals surface area contributed by atoms with Gasteiger partial charge in [-0.05, 0) is 57.2 Å². The summed E-state index contributed by atoms with van der Waals surface area (Å²) in [4.78, 5) is 14.2. The summed E-state index contributed by atoms with van der Waals surface area (Å²) in [6.45, 7) is 3.77. The second-order valence-electron chi connectivity index (χ2n) is 7.21. The second kappa shape index (κ2) is 7.86. The molecule has 4 nitrogen and oxygen atoms in total. The molecule has 1 aliphatic heterocycles. The molecule has 2 fully saturated rings. The number of ether oxygens (including phenoxy) is 1. The van der Waals surface area contributed by atoms with Gasteiger partial charge in [-0.25, -0.2) is 0 Å². The molecule has 1 unspecified atom stereocenters. The van der Waals surface area contributed by atoms with Gasteiger partial charge in [0, 0.05) is 19.1 Å². The quantitative estimate of drug-likeness (QED) is 0.834. The van der Waals surface area contributed by atoms with Crippen molar-refractivity contribution >= 4 is 5.91 Å². The molecule has 1 aromatic rings. The van der Waals surface area contributed by atoms with Crippen molar-refractivity contribution in [2.75, 3.05) is 19.6 Å². The van der Waals surface area contributed by atoms with Gasteiger partial charge in [0.05, 0.1) is 5.56 Å². The van der Waals surface area contributed by atoms with Crippen molar-refractivity contribution in [2.45, 2.75) is 50.9 Å². The number of hydrogen-bond acceptors (Lipinski definition) is 3. The van der Waals surface area contributed by atoms with Crippen LogP contribution in [0, 0.1) is 5.92 Å². The standard InChI is InChI=1S/C19H25F3N2O2/c1-13(26-17-5-3-2-4-16(17)19(20,21)22)18(25)24-10-8-15(9-11-24)23-12-14-6-7-14/h2-5,13-15,23H,6-12H2,1H3. The van der Waals surface area contributed by atoms with Crippen LogP contribution in [0.25, 0.3) is 0 Å². The van der Waals surface area contributed by atoms with Crippen LogP contribution < -0.4 is 10.1 Å². The van der Waals surface area contributed by atoms with Crippen LogP contribution in [0.15, 0.2) is 24.3 Å². The summed E-state index contributed by atoms with van der Waals surface area (Å²) in [5.74, 6) is 0.251. The molecule has 1 amide bonds. The Hall–Kier alpha value is -1.76.